The van der Waals surface area contributed by atoms with Crippen LogP contribution in [0.15, 0.2) is 53.4 Å². The quantitative estimate of drug-likeness (QED) is 0.586. The van der Waals surface area contributed by atoms with Crippen LogP contribution < -0.4 is 4.90 Å². The smallest absolute Gasteiger partial charge is 0.266 e. The first-order valence-corrected chi connectivity index (χ1v) is 9.10. The van der Waals surface area contributed by atoms with E-state index in [2.05, 4.69) is 0 Å². The topological polar surface area (TPSA) is 40.6 Å². The molecule has 2 heterocycles. The molecule has 2 aromatic carbocycles. The molecule has 0 aliphatic carbocycles. The van der Waals surface area contributed by atoms with Gasteiger partial charge in [-0.15, -0.1) is 0 Å². The summed E-state index contributed by atoms with van der Waals surface area (Å²) in [5.41, 5.74) is 2.08. The molecular formula is C19H13FN2O2S2. The molecule has 0 radical (unpaired) electrons. The second-order valence-electron chi connectivity index (χ2n) is 5.94. The van der Waals surface area contributed by atoms with E-state index in [0.717, 1.165) is 11.8 Å². The van der Waals surface area contributed by atoms with Gasteiger partial charge in [-0.05, 0) is 12.1 Å². The highest BCUT2D eigenvalue weighted by Crippen LogP contribution is 2.44. The Morgan fingerprint density at radius 2 is 1.73 bits per heavy atom. The Kier molecular flexibility index (Phi) is 4.13. The number of thiocarbonyl (C=S) groups is 1. The second kappa shape index (κ2) is 6.34. The molecule has 0 bridgehead atoms. The number of amides is 2. The van der Waals surface area contributed by atoms with Gasteiger partial charge in [0.25, 0.3) is 11.8 Å². The summed E-state index contributed by atoms with van der Waals surface area (Å²) in [6, 6.07) is 13.6. The van der Waals surface area contributed by atoms with Gasteiger partial charge in [-0.25, -0.2) is 4.39 Å². The van der Waals surface area contributed by atoms with Crippen molar-refractivity contribution in [3.05, 3.63) is 70.4 Å². The van der Waals surface area contributed by atoms with Crippen LogP contribution in [0, 0.1) is 5.82 Å². The Labute approximate surface area is 159 Å². The van der Waals surface area contributed by atoms with Crippen LogP contribution >= 0.6 is 24.0 Å². The van der Waals surface area contributed by atoms with E-state index in [9.17, 15) is 14.0 Å². The normalized spacial score (nSPS) is 19.5. The Hall–Kier alpha value is -2.51. The molecule has 7 heteroatoms. The number of thioether (sulfide) groups is 1. The van der Waals surface area contributed by atoms with Crippen molar-refractivity contribution < 1.29 is 14.0 Å². The van der Waals surface area contributed by atoms with Gasteiger partial charge in [0.1, 0.15) is 10.1 Å². The van der Waals surface area contributed by atoms with Crippen LogP contribution in [-0.4, -0.2) is 28.1 Å². The van der Waals surface area contributed by atoms with Gasteiger partial charge in [0.05, 0.1) is 22.7 Å². The molecule has 0 aromatic heterocycles. The predicted octanol–water partition coefficient (Wildman–Crippen LogP) is 3.57. The lowest BCUT2D eigenvalue weighted by Gasteiger charge is -2.17. The average molecular weight is 384 g/mol. The fraction of sp³-hybridized carbons (Fsp3) is 0.105. The van der Waals surface area contributed by atoms with E-state index in [-0.39, 0.29) is 24.2 Å². The standard InChI is InChI=1S/C19H13FN2O2S2/c1-21-18(24)16(26-19(21)25)15-12-7-3-5-9-14(12)22(17(15)23)10-11-6-2-4-8-13(11)20/h2-9H,10H2,1H3/b16-15-. The molecule has 0 saturated carbocycles. The summed E-state index contributed by atoms with van der Waals surface area (Å²) in [7, 11) is 1.59. The molecule has 2 amide bonds. The van der Waals surface area contributed by atoms with E-state index >= 15 is 0 Å². The van der Waals surface area contributed by atoms with E-state index in [4.69, 9.17) is 12.2 Å². The van der Waals surface area contributed by atoms with Crippen LogP contribution in [0.2, 0.25) is 0 Å². The minimum absolute atomic E-state index is 0.0957. The van der Waals surface area contributed by atoms with Crippen molar-refractivity contribution in [2.75, 3.05) is 11.9 Å². The third-order valence-electron chi connectivity index (χ3n) is 4.40. The van der Waals surface area contributed by atoms with Crippen LogP contribution in [0.3, 0.4) is 0 Å². The van der Waals surface area contributed by atoms with E-state index in [1.807, 2.05) is 12.1 Å². The maximum absolute atomic E-state index is 14.1. The molecule has 26 heavy (non-hydrogen) atoms. The molecular weight excluding hydrogens is 371 g/mol. The molecule has 2 aromatic rings. The second-order valence-corrected chi connectivity index (χ2v) is 7.58. The number of carbonyl (C=O) groups is 2. The van der Waals surface area contributed by atoms with Crippen molar-refractivity contribution in [3.63, 3.8) is 0 Å². The third kappa shape index (κ3) is 2.55. The van der Waals surface area contributed by atoms with Crippen LogP contribution in [0.5, 0.6) is 0 Å². The van der Waals surface area contributed by atoms with Crippen LogP contribution in [0.1, 0.15) is 11.1 Å². The number of rotatable bonds is 2. The van der Waals surface area contributed by atoms with E-state index in [1.165, 1.54) is 15.9 Å². The van der Waals surface area contributed by atoms with Gasteiger partial charge in [0, 0.05) is 18.2 Å². The zero-order chi connectivity index (χ0) is 18.4. The maximum Gasteiger partial charge on any atom is 0.266 e. The Morgan fingerprint density at radius 1 is 1.04 bits per heavy atom. The van der Waals surface area contributed by atoms with Gasteiger partial charge in [-0.2, -0.15) is 0 Å². The molecule has 2 aliphatic rings. The molecule has 1 saturated heterocycles. The number of para-hydroxylation sites is 1. The number of hydrogen-bond acceptors (Lipinski definition) is 4. The van der Waals surface area contributed by atoms with Crippen molar-refractivity contribution in [2.45, 2.75) is 6.54 Å². The average Bonchev–Trinajstić information content (AvgIpc) is 3.05. The highest BCUT2D eigenvalue weighted by Gasteiger charge is 2.40. The fourth-order valence-electron chi connectivity index (χ4n) is 3.05. The summed E-state index contributed by atoms with van der Waals surface area (Å²) in [6.07, 6.45) is 0. The van der Waals surface area contributed by atoms with E-state index in [1.54, 1.807) is 37.4 Å². The molecule has 4 nitrogen and oxygen atoms in total. The Balaban J connectivity index is 1.83. The first-order valence-electron chi connectivity index (χ1n) is 7.88. The summed E-state index contributed by atoms with van der Waals surface area (Å²) in [4.78, 5) is 28.8. The first-order chi connectivity index (χ1) is 12.5. The summed E-state index contributed by atoms with van der Waals surface area (Å²) in [5.74, 6) is -0.972. The van der Waals surface area contributed by atoms with Gasteiger partial charge < -0.3 is 4.90 Å². The summed E-state index contributed by atoms with van der Waals surface area (Å²) in [6.45, 7) is 0.0957. The van der Waals surface area contributed by atoms with Crippen LogP contribution in [0.4, 0.5) is 10.1 Å². The van der Waals surface area contributed by atoms with Crippen molar-refractivity contribution >= 4 is 51.4 Å². The summed E-state index contributed by atoms with van der Waals surface area (Å²) >= 11 is 6.30. The molecule has 130 valence electrons. The molecule has 1 fully saturated rings. The monoisotopic (exact) mass is 384 g/mol. The fourth-order valence-corrected chi connectivity index (χ4v) is 4.30. The van der Waals surface area contributed by atoms with Crippen LogP contribution in [-0.2, 0) is 16.1 Å². The molecule has 4 rings (SSSR count). The molecule has 0 atom stereocenters. The Morgan fingerprint density at radius 3 is 2.42 bits per heavy atom. The predicted molar refractivity (Wildman–Crippen MR) is 104 cm³/mol. The minimum atomic E-state index is -0.369. The van der Waals surface area contributed by atoms with Crippen molar-refractivity contribution in [1.82, 2.24) is 4.90 Å². The number of anilines is 1. The number of nitrogens with zero attached hydrogens (tertiary/aromatic N) is 2. The van der Waals surface area contributed by atoms with Gasteiger partial charge >= 0.3 is 0 Å². The maximum atomic E-state index is 14.1. The zero-order valence-corrected chi connectivity index (χ0v) is 15.4. The minimum Gasteiger partial charge on any atom is -0.303 e. The first kappa shape index (κ1) is 16.9. The van der Waals surface area contributed by atoms with Crippen molar-refractivity contribution in [2.24, 2.45) is 0 Å². The van der Waals surface area contributed by atoms with Gasteiger partial charge in [-0.1, -0.05) is 60.4 Å². The van der Waals surface area contributed by atoms with E-state index in [0.29, 0.717) is 31.6 Å². The zero-order valence-electron chi connectivity index (χ0n) is 13.7. The third-order valence-corrected chi connectivity index (χ3v) is 5.95. The van der Waals surface area contributed by atoms with E-state index < -0.39 is 0 Å². The number of hydrogen-bond donors (Lipinski definition) is 0. The number of fused-ring (bicyclic) bond motifs is 1. The number of benzene rings is 2. The highest BCUT2D eigenvalue weighted by molar-refractivity contribution is 8.26. The van der Waals surface area contributed by atoms with Gasteiger partial charge in [0.15, 0.2) is 0 Å². The molecule has 2 aliphatic heterocycles. The summed E-state index contributed by atoms with van der Waals surface area (Å²) in [5, 5.41) is 0. The van der Waals surface area contributed by atoms with Gasteiger partial charge in [0.2, 0.25) is 0 Å². The lowest BCUT2D eigenvalue weighted by atomic mass is 10.1. The van der Waals surface area contributed by atoms with Crippen molar-refractivity contribution in [1.29, 1.82) is 0 Å². The molecule has 0 unspecified atom stereocenters. The number of likely N-dealkylation sites (N-methyl/N-ethyl adjacent to an activating group) is 1. The molecule has 0 spiro atoms. The largest absolute Gasteiger partial charge is 0.303 e. The summed E-state index contributed by atoms with van der Waals surface area (Å²) < 4.78 is 14.5. The Bertz CT molecular complexity index is 1000. The van der Waals surface area contributed by atoms with Crippen molar-refractivity contribution in [3.8, 4) is 0 Å². The highest BCUT2D eigenvalue weighted by atomic mass is 32.2. The van der Waals surface area contributed by atoms with Crippen LogP contribution in [0.25, 0.3) is 5.57 Å². The number of halogens is 1. The van der Waals surface area contributed by atoms with Gasteiger partial charge in [-0.3, -0.25) is 14.5 Å². The SMILES string of the molecule is CN1C(=O)/C(=C2/C(=O)N(Cc3ccccc3F)c3ccccc32)SC1=S. The number of carbonyl (C=O) groups excluding carboxylic acids is 2. The lowest BCUT2D eigenvalue weighted by molar-refractivity contribution is -0.121. The lowest BCUT2D eigenvalue weighted by Crippen LogP contribution is -2.27. The molecule has 0 N–H and O–H groups in total.